The molecule has 1 heterocycles. The molecule has 0 saturated carbocycles. The zero-order chi connectivity index (χ0) is 21.9. The number of ketones is 1. The van der Waals surface area contributed by atoms with Crippen LogP contribution in [0, 0.1) is 5.41 Å². The minimum absolute atomic E-state index is 0.0306. The number of carbonyl (C=O) groups excluding carboxylic acids is 1. The lowest BCUT2D eigenvalue weighted by Gasteiger charge is -2.40. The Morgan fingerprint density at radius 2 is 1.81 bits per heavy atom. The van der Waals surface area contributed by atoms with E-state index < -0.39 is 0 Å². The summed E-state index contributed by atoms with van der Waals surface area (Å²) in [6, 6.07) is 19.3. The first-order valence-electron chi connectivity index (χ1n) is 10.8. The van der Waals surface area contributed by atoms with E-state index in [2.05, 4.69) is 94.6 Å². The van der Waals surface area contributed by atoms with Crippen molar-refractivity contribution in [3.05, 3.63) is 81.5 Å². The van der Waals surface area contributed by atoms with Gasteiger partial charge in [0.1, 0.15) is 0 Å². The number of benzene rings is 3. The van der Waals surface area contributed by atoms with Crippen LogP contribution in [-0.4, -0.2) is 19.9 Å². The highest BCUT2D eigenvalue weighted by atomic mass is 79.9. The number of allylic oxidation sites excluding steroid dienone is 2. The smallest absolute Gasteiger partial charge is 0.162 e. The Balaban J connectivity index is 1.79. The second-order valence-electron chi connectivity index (χ2n) is 9.74. The third-order valence-electron chi connectivity index (χ3n) is 6.54. The zero-order valence-corrected chi connectivity index (χ0v) is 20.0. The highest BCUT2D eigenvalue weighted by molar-refractivity contribution is 9.10. The highest BCUT2D eigenvalue weighted by Crippen LogP contribution is 2.51. The van der Waals surface area contributed by atoms with E-state index in [1.54, 1.807) is 0 Å². The summed E-state index contributed by atoms with van der Waals surface area (Å²) in [5, 5.41) is 6.06. The molecule has 0 radical (unpaired) electrons. The molecule has 158 valence electrons. The number of fused-ring (bicyclic) bond motifs is 3. The first kappa shape index (κ1) is 20.3. The average Bonchev–Trinajstić information content (AvgIpc) is 2.70. The molecule has 3 aromatic carbocycles. The van der Waals surface area contributed by atoms with Gasteiger partial charge in [0.25, 0.3) is 0 Å². The largest absolute Gasteiger partial charge is 0.377 e. The number of anilines is 2. The van der Waals surface area contributed by atoms with Gasteiger partial charge in [0.05, 0.1) is 5.69 Å². The van der Waals surface area contributed by atoms with Crippen LogP contribution in [0.15, 0.2) is 70.3 Å². The molecule has 0 aromatic heterocycles. The van der Waals surface area contributed by atoms with Gasteiger partial charge in [0, 0.05) is 47.9 Å². The van der Waals surface area contributed by atoms with Crippen molar-refractivity contribution in [3.8, 4) is 0 Å². The molecule has 0 fully saturated rings. The van der Waals surface area contributed by atoms with Gasteiger partial charge in [0.2, 0.25) is 0 Å². The van der Waals surface area contributed by atoms with Crippen molar-refractivity contribution in [1.29, 1.82) is 0 Å². The lowest BCUT2D eigenvalue weighted by molar-refractivity contribution is -0.118. The number of nitrogens with zero attached hydrogens (tertiary/aromatic N) is 1. The number of nitrogens with one attached hydrogen (secondary N) is 1. The molecule has 1 aliphatic heterocycles. The molecule has 3 aromatic rings. The number of halogens is 1. The molecule has 0 bridgehead atoms. The van der Waals surface area contributed by atoms with E-state index >= 15 is 0 Å². The van der Waals surface area contributed by atoms with Crippen molar-refractivity contribution < 1.29 is 4.79 Å². The van der Waals surface area contributed by atoms with Crippen LogP contribution in [0.5, 0.6) is 0 Å². The second-order valence-corrected chi connectivity index (χ2v) is 10.6. The topological polar surface area (TPSA) is 32.3 Å². The average molecular weight is 475 g/mol. The zero-order valence-electron chi connectivity index (χ0n) is 18.4. The first-order chi connectivity index (χ1) is 14.7. The minimum Gasteiger partial charge on any atom is -0.377 e. The van der Waals surface area contributed by atoms with E-state index in [0.717, 1.165) is 39.1 Å². The molecule has 5 rings (SSSR count). The molecule has 0 spiro atoms. The van der Waals surface area contributed by atoms with Gasteiger partial charge in [-0.05, 0) is 67.9 Å². The van der Waals surface area contributed by atoms with E-state index in [-0.39, 0.29) is 17.1 Å². The maximum absolute atomic E-state index is 13.5. The van der Waals surface area contributed by atoms with E-state index in [1.807, 2.05) is 14.1 Å². The van der Waals surface area contributed by atoms with Gasteiger partial charge < -0.3 is 10.2 Å². The maximum atomic E-state index is 13.5. The van der Waals surface area contributed by atoms with Gasteiger partial charge in [-0.2, -0.15) is 0 Å². The molecule has 31 heavy (non-hydrogen) atoms. The van der Waals surface area contributed by atoms with Crippen LogP contribution >= 0.6 is 15.9 Å². The van der Waals surface area contributed by atoms with Gasteiger partial charge in [-0.15, -0.1) is 0 Å². The Labute approximate surface area is 192 Å². The van der Waals surface area contributed by atoms with Gasteiger partial charge in [-0.3, -0.25) is 4.79 Å². The summed E-state index contributed by atoms with van der Waals surface area (Å²) < 4.78 is 1.04. The van der Waals surface area contributed by atoms with E-state index in [1.165, 1.54) is 16.3 Å². The lowest BCUT2D eigenvalue weighted by Crippen LogP contribution is -2.34. The summed E-state index contributed by atoms with van der Waals surface area (Å²) in [7, 11) is 4.08. The number of carbonyl (C=O) groups is 1. The standard InChI is InChI=1S/C27H27BrN2O/c1-27(2)14-21-26(23(31)15-27)24(17-10-12-22(30(3)4)19(28)13-17)25-18-8-6-5-7-16(18)9-11-20(25)29-21/h5-13,24,29H,14-15H2,1-4H3. The Kier molecular flexibility index (Phi) is 4.74. The Hall–Kier alpha value is -2.59. The highest BCUT2D eigenvalue weighted by Gasteiger charge is 2.41. The molecule has 1 aliphatic carbocycles. The van der Waals surface area contributed by atoms with E-state index in [9.17, 15) is 4.79 Å². The maximum Gasteiger partial charge on any atom is 0.162 e. The Morgan fingerprint density at radius 1 is 1.03 bits per heavy atom. The minimum atomic E-state index is -0.0755. The fourth-order valence-corrected chi connectivity index (χ4v) is 5.95. The van der Waals surface area contributed by atoms with Crippen LogP contribution in [0.1, 0.15) is 43.7 Å². The third kappa shape index (κ3) is 3.38. The lowest BCUT2D eigenvalue weighted by atomic mass is 9.68. The third-order valence-corrected chi connectivity index (χ3v) is 7.18. The first-order valence-corrected chi connectivity index (χ1v) is 11.6. The van der Waals surface area contributed by atoms with Crippen molar-refractivity contribution in [2.24, 2.45) is 5.41 Å². The molecular weight excluding hydrogens is 448 g/mol. The monoisotopic (exact) mass is 474 g/mol. The number of Topliss-reactive ketones (excluding diaryl/α,β-unsaturated/α-hetero) is 1. The van der Waals surface area contributed by atoms with Gasteiger partial charge in [0.15, 0.2) is 5.78 Å². The molecule has 1 N–H and O–H groups in total. The van der Waals surface area contributed by atoms with Crippen molar-refractivity contribution in [2.45, 2.75) is 32.6 Å². The van der Waals surface area contributed by atoms with E-state index in [0.29, 0.717) is 6.42 Å². The van der Waals surface area contributed by atoms with Crippen molar-refractivity contribution in [3.63, 3.8) is 0 Å². The van der Waals surface area contributed by atoms with E-state index in [4.69, 9.17) is 0 Å². The Morgan fingerprint density at radius 3 is 2.55 bits per heavy atom. The van der Waals surface area contributed by atoms with Crippen LogP contribution in [0.4, 0.5) is 11.4 Å². The van der Waals surface area contributed by atoms with Crippen molar-refractivity contribution >= 4 is 43.9 Å². The Bertz CT molecular complexity index is 1260. The summed E-state index contributed by atoms with van der Waals surface area (Å²) in [4.78, 5) is 15.6. The van der Waals surface area contributed by atoms with Gasteiger partial charge >= 0.3 is 0 Å². The van der Waals surface area contributed by atoms with Crippen LogP contribution in [-0.2, 0) is 4.79 Å². The SMILES string of the molecule is CN(C)c1ccc(C2C3=C(CC(C)(C)CC3=O)Nc3ccc4ccccc4c32)cc1Br. The van der Waals surface area contributed by atoms with Crippen molar-refractivity contribution in [2.75, 3.05) is 24.3 Å². The van der Waals surface area contributed by atoms with Crippen LogP contribution in [0.25, 0.3) is 10.8 Å². The molecule has 1 unspecified atom stereocenters. The number of rotatable bonds is 2. The predicted octanol–water partition coefficient (Wildman–Crippen LogP) is 6.87. The molecule has 4 heteroatoms. The summed E-state index contributed by atoms with van der Waals surface area (Å²) in [5.74, 6) is 0.184. The fraction of sp³-hybridized carbons (Fsp3) is 0.296. The van der Waals surface area contributed by atoms with Crippen LogP contribution in [0.2, 0.25) is 0 Å². The van der Waals surface area contributed by atoms with Crippen LogP contribution in [0.3, 0.4) is 0 Å². The number of hydrogen-bond acceptors (Lipinski definition) is 3. The van der Waals surface area contributed by atoms with Crippen LogP contribution < -0.4 is 10.2 Å². The number of hydrogen-bond donors (Lipinski definition) is 1. The summed E-state index contributed by atoms with van der Waals surface area (Å²) in [6.45, 7) is 4.37. The quantitative estimate of drug-likeness (QED) is 0.439. The molecular formula is C27H27BrN2O. The molecule has 3 nitrogen and oxygen atoms in total. The summed E-state index contributed by atoms with van der Waals surface area (Å²) in [6.07, 6.45) is 1.47. The normalized spacial score (nSPS) is 19.6. The summed E-state index contributed by atoms with van der Waals surface area (Å²) >= 11 is 3.77. The predicted molar refractivity (Wildman–Crippen MR) is 133 cm³/mol. The van der Waals surface area contributed by atoms with Crippen molar-refractivity contribution in [1.82, 2.24) is 0 Å². The molecule has 2 aliphatic rings. The van der Waals surface area contributed by atoms with Gasteiger partial charge in [-0.1, -0.05) is 50.2 Å². The fourth-order valence-electron chi connectivity index (χ4n) is 5.20. The molecule has 0 saturated heterocycles. The van der Waals surface area contributed by atoms with Gasteiger partial charge in [-0.25, -0.2) is 0 Å². The molecule has 1 atom stereocenters. The molecule has 0 amide bonds. The summed E-state index contributed by atoms with van der Waals surface area (Å²) in [5.41, 5.74) is 6.58. The second kappa shape index (κ2) is 7.23.